The maximum absolute atomic E-state index is 12.1. The number of carbonyl (C=O) groups excluding carboxylic acids is 1. The predicted octanol–water partition coefficient (Wildman–Crippen LogP) is 2.71. The fourth-order valence-electron chi connectivity index (χ4n) is 1.97. The number of aromatic nitrogens is 1. The lowest BCUT2D eigenvalue weighted by Crippen LogP contribution is -2.44. The Bertz CT molecular complexity index is 646. The number of rotatable bonds is 7. The molecule has 0 saturated heterocycles. The zero-order valence-corrected chi connectivity index (χ0v) is 13.3. The van der Waals surface area contributed by atoms with E-state index in [1.165, 1.54) is 11.3 Å². The molecular weight excluding hydrogens is 304 g/mol. The highest BCUT2D eigenvalue weighted by Crippen LogP contribution is 2.24. The Kier molecular flexibility index (Phi) is 4.97. The fourth-order valence-corrected chi connectivity index (χ4v) is 2.78. The highest BCUT2D eigenvalue weighted by Gasteiger charge is 2.22. The summed E-state index contributed by atoms with van der Waals surface area (Å²) in [6.07, 6.45) is 3.76. The van der Waals surface area contributed by atoms with Gasteiger partial charge in [0.05, 0.1) is 18.4 Å². The molecule has 0 aliphatic carbocycles. The van der Waals surface area contributed by atoms with E-state index in [0.717, 1.165) is 10.6 Å². The van der Waals surface area contributed by atoms with Gasteiger partial charge in [-0.25, -0.2) is 4.98 Å². The zero-order chi connectivity index (χ0) is 16.2. The smallest absolute Gasteiger partial charge is 0.303 e. The van der Waals surface area contributed by atoms with Gasteiger partial charge in [0.25, 0.3) is 0 Å². The van der Waals surface area contributed by atoms with E-state index in [0.29, 0.717) is 12.1 Å². The van der Waals surface area contributed by atoms with Crippen LogP contribution in [0, 0.1) is 0 Å². The lowest BCUT2D eigenvalue weighted by Gasteiger charge is -2.25. The minimum absolute atomic E-state index is 0.0224. The van der Waals surface area contributed by atoms with E-state index in [1.807, 2.05) is 25.3 Å². The molecule has 2 aromatic rings. The number of nitrogens with zero attached hydrogens (tertiary/aromatic N) is 1. The highest BCUT2D eigenvalue weighted by atomic mass is 32.1. The van der Waals surface area contributed by atoms with E-state index in [9.17, 15) is 9.59 Å². The summed E-state index contributed by atoms with van der Waals surface area (Å²) in [7, 11) is 0. The van der Waals surface area contributed by atoms with E-state index >= 15 is 0 Å². The molecule has 6 nitrogen and oxygen atoms in total. The summed E-state index contributed by atoms with van der Waals surface area (Å²) in [5, 5.41) is 14.2. The van der Waals surface area contributed by atoms with Crippen molar-refractivity contribution in [2.24, 2.45) is 0 Å². The summed E-state index contributed by atoms with van der Waals surface area (Å²) < 4.78 is 5.01. The van der Waals surface area contributed by atoms with Crippen molar-refractivity contribution >= 4 is 23.2 Å². The maximum Gasteiger partial charge on any atom is 0.303 e. The van der Waals surface area contributed by atoms with Crippen molar-refractivity contribution in [2.45, 2.75) is 38.6 Å². The Morgan fingerprint density at radius 1 is 1.45 bits per heavy atom. The molecule has 0 unspecified atom stereocenters. The van der Waals surface area contributed by atoms with Crippen LogP contribution in [0.5, 0.6) is 0 Å². The van der Waals surface area contributed by atoms with Gasteiger partial charge >= 0.3 is 5.97 Å². The molecule has 0 aromatic carbocycles. The van der Waals surface area contributed by atoms with Gasteiger partial charge in [-0.15, -0.1) is 11.3 Å². The molecule has 118 valence electrons. The molecule has 0 atom stereocenters. The number of carboxylic acid groups (broad SMARTS) is 1. The van der Waals surface area contributed by atoms with Crippen molar-refractivity contribution in [2.75, 3.05) is 0 Å². The number of amides is 1. The van der Waals surface area contributed by atoms with Crippen LogP contribution in [0.15, 0.2) is 28.4 Å². The molecule has 0 bridgehead atoms. The third-order valence-electron chi connectivity index (χ3n) is 3.10. The first-order valence-corrected chi connectivity index (χ1v) is 7.73. The van der Waals surface area contributed by atoms with Crippen LogP contribution in [0.4, 0.5) is 0 Å². The number of thiazole rings is 1. The second-order valence-corrected chi connectivity index (χ2v) is 6.52. The molecule has 0 saturated carbocycles. The van der Waals surface area contributed by atoms with Gasteiger partial charge < -0.3 is 14.8 Å². The van der Waals surface area contributed by atoms with Gasteiger partial charge in [0, 0.05) is 22.9 Å². The van der Waals surface area contributed by atoms with Crippen LogP contribution < -0.4 is 5.32 Å². The Morgan fingerprint density at radius 3 is 2.86 bits per heavy atom. The summed E-state index contributed by atoms with van der Waals surface area (Å²) >= 11 is 1.45. The van der Waals surface area contributed by atoms with Crippen LogP contribution >= 0.6 is 11.3 Å². The van der Waals surface area contributed by atoms with Crippen molar-refractivity contribution < 1.29 is 19.1 Å². The summed E-state index contributed by atoms with van der Waals surface area (Å²) in [6.45, 7) is 3.62. The van der Waals surface area contributed by atoms with E-state index in [-0.39, 0.29) is 18.7 Å². The number of carboxylic acids is 1. The van der Waals surface area contributed by atoms with Crippen LogP contribution in [0.3, 0.4) is 0 Å². The Balaban J connectivity index is 1.90. The number of carbonyl (C=O) groups is 2. The monoisotopic (exact) mass is 322 g/mol. The summed E-state index contributed by atoms with van der Waals surface area (Å²) in [6, 6.07) is 1.82. The Hall–Kier alpha value is -2.15. The van der Waals surface area contributed by atoms with Crippen molar-refractivity contribution in [1.29, 1.82) is 0 Å². The molecule has 2 rings (SSSR count). The summed E-state index contributed by atoms with van der Waals surface area (Å²) in [4.78, 5) is 27.1. The molecule has 0 fully saturated rings. The van der Waals surface area contributed by atoms with Gasteiger partial charge in [-0.3, -0.25) is 9.59 Å². The first-order chi connectivity index (χ1) is 10.4. The molecule has 7 heteroatoms. The van der Waals surface area contributed by atoms with Crippen molar-refractivity contribution in [3.63, 3.8) is 0 Å². The molecular formula is C15H18N2O4S. The average Bonchev–Trinajstić information content (AvgIpc) is 3.06. The molecule has 2 aromatic heterocycles. The van der Waals surface area contributed by atoms with Crippen LogP contribution in [0.1, 0.15) is 32.4 Å². The van der Waals surface area contributed by atoms with Crippen LogP contribution in [0.2, 0.25) is 0 Å². The lowest BCUT2D eigenvalue weighted by molar-refractivity contribution is -0.137. The van der Waals surface area contributed by atoms with Gasteiger partial charge in [-0.05, 0) is 26.3 Å². The van der Waals surface area contributed by atoms with Crippen molar-refractivity contribution in [3.05, 3.63) is 29.7 Å². The molecule has 1 amide bonds. The lowest BCUT2D eigenvalue weighted by atomic mass is 9.98. The average molecular weight is 322 g/mol. The molecule has 2 heterocycles. The summed E-state index contributed by atoms with van der Waals surface area (Å²) in [5.41, 5.74) is 1.02. The minimum Gasteiger partial charge on any atom is -0.481 e. The number of hydrogen-bond donors (Lipinski definition) is 2. The molecule has 22 heavy (non-hydrogen) atoms. The topological polar surface area (TPSA) is 92.4 Å². The van der Waals surface area contributed by atoms with Gasteiger partial charge in [0.15, 0.2) is 0 Å². The molecule has 0 radical (unpaired) electrons. The second kappa shape index (κ2) is 6.74. The SMILES string of the molecule is CC(C)(CCC(=O)O)NC(=O)Cc1csc(-c2ccoc2)n1. The van der Waals surface area contributed by atoms with Gasteiger partial charge in [0.1, 0.15) is 11.3 Å². The number of furan rings is 1. The number of aliphatic carboxylic acids is 1. The predicted molar refractivity (Wildman–Crippen MR) is 82.6 cm³/mol. The Morgan fingerprint density at radius 2 is 2.23 bits per heavy atom. The van der Waals surface area contributed by atoms with E-state index in [1.54, 1.807) is 12.5 Å². The summed E-state index contributed by atoms with van der Waals surface area (Å²) in [5.74, 6) is -1.04. The molecule has 0 aliphatic rings. The van der Waals surface area contributed by atoms with E-state index in [2.05, 4.69) is 10.3 Å². The van der Waals surface area contributed by atoms with Crippen molar-refractivity contribution in [3.8, 4) is 10.6 Å². The second-order valence-electron chi connectivity index (χ2n) is 5.66. The van der Waals surface area contributed by atoms with Crippen molar-refractivity contribution in [1.82, 2.24) is 10.3 Å². The van der Waals surface area contributed by atoms with E-state index in [4.69, 9.17) is 9.52 Å². The zero-order valence-electron chi connectivity index (χ0n) is 12.5. The van der Waals surface area contributed by atoms with Gasteiger partial charge in [-0.2, -0.15) is 0 Å². The molecule has 0 spiro atoms. The normalized spacial score (nSPS) is 11.4. The minimum atomic E-state index is -0.869. The highest BCUT2D eigenvalue weighted by molar-refractivity contribution is 7.13. The van der Waals surface area contributed by atoms with E-state index < -0.39 is 11.5 Å². The maximum atomic E-state index is 12.1. The third kappa shape index (κ3) is 4.70. The van der Waals surface area contributed by atoms with Gasteiger partial charge in [-0.1, -0.05) is 0 Å². The van der Waals surface area contributed by atoms with Gasteiger partial charge in [0.2, 0.25) is 5.91 Å². The van der Waals surface area contributed by atoms with Crippen LogP contribution in [-0.4, -0.2) is 27.5 Å². The Labute approximate surface area is 132 Å². The third-order valence-corrected chi connectivity index (χ3v) is 4.04. The van der Waals surface area contributed by atoms with Crippen LogP contribution in [-0.2, 0) is 16.0 Å². The quantitative estimate of drug-likeness (QED) is 0.817. The first-order valence-electron chi connectivity index (χ1n) is 6.85. The molecule has 0 aliphatic heterocycles. The standard InChI is InChI=1S/C15H18N2O4S/c1-15(2,5-3-13(19)20)17-12(18)7-11-9-22-14(16-11)10-4-6-21-8-10/h4,6,8-9H,3,5,7H2,1-2H3,(H,17,18)(H,19,20). The fraction of sp³-hybridized carbons (Fsp3) is 0.400. The van der Waals surface area contributed by atoms with Crippen LogP contribution in [0.25, 0.3) is 10.6 Å². The number of nitrogens with one attached hydrogen (secondary N) is 1. The molecule has 2 N–H and O–H groups in total. The number of hydrogen-bond acceptors (Lipinski definition) is 5. The largest absolute Gasteiger partial charge is 0.481 e. The first kappa shape index (κ1) is 16.2.